The number of ether oxygens (including phenoxy) is 1. The van der Waals surface area contributed by atoms with Crippen LogP contribution in [0.1, 0.15) is 11.1 Å². The molecule has 0 unspecified atom stereocenters. The Balaban J connectivity index is 2.26. The molecule has 4 heteroatoms. The van der Waals surface area contributed by atoms with E-state index in [1.54, 1.807) is 0 Å². The zero-order valence-electron chi connectivity index (χ0n) is 9.00. The van der Waals surface area contributed by atoms with Crippen LogP contribution in [0.25, 0.3) is 0 Å². The second-order valence-corrected chi connectivity index (χ2v) is 5.24. The van der Waals surface area contributed by atoms with Crippen molar-refractivity contribution in [1.29, 1.82) is 0 Å². The summed E-state index contributed by atoms with van der Waals surface area (Å²) < 4.78 is 6.03. The van der Waals surface area contributed by atoms with Crippen LogP contribution in [-0.2, 0) is 16.0 Å². The van der Waals surface area contributed by atoms with Crippen LogP contribution in [0, 0.1) is 12.3 Å². The SMILES string of the molecule is Cc1ccc(Br)cc1CC1(C(=O)O)COC1. The lowest BCUT2D eigenvalue weighted by Gasteiger charge is -2.37. The van der Waals surface area contributed by atoms with Gasteiger partial charge < -0.3 is 9.84 Å². The average molecular weight is 285 g/mol. The highest BCUT2D eigenvalue weighted by Gasteiger charge is 2.46. The summed E-state index contributed by atoms with van der Waals surface area (Å²) in [7, 11) is 0. The molecule has 86 valence electrons. The van der Waals surface area contributed by atoms with Gasteiger partial charge in [0.15, 0.2) is 0 Å². The molecule has 1 heterocycles. The largest absolute Gasteiger partial charge is 0.481 e. The normalized spacial score (nSPS) is 17.9. The Morgan fingerprint density at radius 3 is 2.75 bits per heavy atom. The second-order valence-electron chi connectivity index (χ2n) is 4.33. The van der Waals surface area contributed by atoms with Crippen LogP contribution in [0.3, 0.4) is 0 Å². The summed E-state index contributed by atoms with van der Waals surface area (Å²) in [6.07, 6.45) is 0.535. The molecule has 1 aromatic carbocycles. The topological polar surface area (TPSA) is 46.5 Å². The maximum atomic E-state index is 11.2. The van der Waals surface area contributed by atoms with Gasteiger partial charge in [-0.1, -0.05) is 22.0 Å². The molecule has 0 aliphatic carbocycles. The van der Waals surface area contributed by atoms with Crippen molar-refractivity contribution in [2.45, 2.75) is 13.3 Å². The molecule has 16 heavy (non-hydrogen) atoms. The van der Waals surface area contributed by atoms with Gasteiger partial charge >= 0.3 is 5.97 Å². The zero-order valence-corrected chi connectivity index (χ0v) is 10.6. The number of halogens is 1. The molecule has 0 aromatic heterocycles. The van der Waals surface area contributed by atoms with Gasteiger partial charge in [0.25, 0.3) is 0 Å². The first-order valence-corrected chi connectivity index (χ1v) is 5.89. The predicted octanol–water partition coefficient (Wildman–Crippen LogP) is 2.40. The average Bonchev–Trinajstić information content (AvgIpc) is 2.16. The summed E-state index contributed by atoms with van der Waals surface area (Å²) in [5.41, 5.74) is 1.47. The van der Waals surface area contributed by atoms with E-state index in [1.807, 2.05) is 25.1 Å². The molecule has 3 nitrogen and oxygen atoms in total. The predicted molar refractivity (Wildman–Crippen MR) is 63.5 cm³/mol. The fourth-order valence-corrected chi connectivity index (χ4v) is 2.25. The summed E-state index contributed by atoms with van der Waals surface area (Å²) in [6, 6.07) is 5.94. The molecule has 1 aliphatic rings. The van der Waals surface area contributed by atoms with Crippen molar-refractivity contribution in [2.24, 2.45) is 5.41 Å². The summed E-state index contributed by atoms with van der Waals surface area (Å²) >= 11 is 3.40. The van der Waals surface area contributed by atoms with Crippen molar-refractivity contribution < 1.29 is 14.6 Å². The van der Waals surface area contributed by atoms with Crippen LogP contribution in [-0.4, -0.2) is 24.3 Å². The Bertz CT molecular complexity index is 424. The Morgan fingerprint density at radius 2 is 2.25 bits per heavy atom. The van der Waals surface area contributed by atoms with Crippen molar-refractivity contribution in [2.75, 3.05) is 13.2 Å². The van der Waals surface area contributed by atoms with E-state index in [1.165, 1.54) is 0 Å². The van der Waals surface area contributed by atoms with E-state index >= 15 is 0 Å². The summed E-state index contributed by atoms with van der Waals surface area (Å²) in [6.45, 7) is 2.62. The van der Waals surface area contributed by atoms with Crippen molar-refractivity contribution in [3.63, 3.8) is 0 Å². The Kier molecular flexibility index (Phi) is 3.04. The third-order valence-corrected chi connectivity index (χ3v) is 3.54. The van der Waals surface area contributed by atoms with Crippen LogP contribution < -0.4 is 0 Å². The van der Waals surface area contributed by atoms with Gasteiger partial charge in [-0.3, -0.25) is 4.79 Å². The van der Waals surface area contributed by atoms with Gasteiger partial charge in [-0.2, -0.15) is 0 Å². The van der Waals surface area contributed by atoms with E-state index in [9.17, 15) is 9.90 Å². The van der Waals surface area contributed by atoms with Crippen LogP contribution in [0.2, 0.25) is 0 Å². The highest BCUT2D eigenvalue weighted by Crippen LogP contribution is 2.33. The molecule has 0 saturated carbocycles. The fourth-order valence-electron chi connectivity index (χ4n) is 1.84. The summed E-state index contributed by atoms with van der Waals surface area (Å²) in [4.78, 5) is 11.2. The molecule has 0 atom stereocenters. The molecular formula is C12H13BrO3. The summed E-state index contributed by atoms with van der Waals surface area (Å²) in [5.74, 6) is -0.766. The quantitative estimate of drug-likeness (QED) is 0.927. The van der Waals surface area contributed by atoms with E-state index in [0.717, 1.165) is 15.6 Å². The van der Waals surface area contributed by atoms with Gasteiger partial charge in [-0.05, 0) is 36.6 Å². The highest BCUT2D eigenvalue weighted by atomic mass is 79.9. The number of benzene rings is 1. The minimum absolute atomic E-state index is 0.314. The van der Waals surface area contributed by atoms with Crippen LogP contribution >= 0.6 is 15.9 Å². The highest BCUT2D eigenvalue weighted by molar-refractivity contribution is 9.10. The van der Waals surface area contributed by atoms with Crippen LogP contribution in [0.5, 0.6) is 0 Å². The van der Waals surface area contributed by atoms with Crippen molar-refractivity contribution >= 4 is 21.9 Å². The molecule has 1 aromatic rings. The van der Waals surface area contributed by atoms with E-state index in [-0.39, 0.29) is 0 Å². The maximum Gasteiger partial charge on any atom is 0.314 e. The van der Waals surface area contributed by atoms with Gasteiger partial charge in [0.1, 0.15) is 5.41 Å². The van der Waals surface area contributed by atoms with Crippen molar-refractivity contribution in [3.8, 4) is 0 Å². The minimum atomic E-state index is -0.766. The standard InChI is InChI=1S/C12H13BrO3/c1-8-2-3-10(13)4-9(8)5-12(11(14)15)6-16-7-12/h2-4H,5-7H2,1H3,(H,14,15). The molecule has 0 radical (unpaired) electrons. The summed E-state index contributed by atoms with van der Waals surface area (Å²) in [5, 5.41) is 9.21. The van der Waals surface area contributed by atoms with E-state index in [0.29, 0.717) is 19.6 Å². The molecule has 1 fully saturated rings. The molecule has 1 saturated heterocycles. The molecule has 0 amide bonds. The van der Waals surface area contributed by atoms with E-state index in [4.69, 9.17) is 4.74 Å². The van der Waals surface area contributed by atoms with Gasteiger partial charge in [0.2, 0.25) is 0 Å². The van der Waals surface area contributed by atoms with Gasteiger partial charge in [0.05, 0.1) is 13.2 Å². The molecule has 1 N–H and O–H groups in total. The van der Waals surface area contributed by atoms with E-state index in [2.05, 4.69) is 15.9 Å². The number of rotatable bonds is 3. The number of carboxylic acid groups (broad SMARTS) is 1. The second kappa shape index (κ2) is 4.18. The number of carbonyl (C=O) groups is 1. The maximum absolute atomic E-state index is 11.2. The van der Waals surface area contributed by atoms with E-state index < -0.39 is 11.4 Å². The fraction of sp³-hybridized carbons (Fsp3) is 0.417. The Labute approximate surface area is 103 Å². The molecule has 0 bridgehead atoms. The first-order valence-electron chi connectivity index (χ1n) is 5.10. The smallest absolute Gasteiger partial charge is 0.314 e. The lowest BCUT2D eigenvalue weighted by molar-refractivity contribution is -0.179. The van der Waals surface area contributed by atoms with Gasteiger partial charge in [0, 0.05) is 4.47 Å². The first-order chi connectivity index (χ1) is 7.53. The van der Waals surface area contributed by atoms with Crippen molar-refractivity contribution in [1.82, 2.24) is 0 Å². The molecule has 0 spiro atoms. The monoisotopic (exact) mass is 284 g/mol. The van der Waals surface area contributed by atoms with Crippen LogP contribution in [0.15, 0.2) is 22.7 Å². The number of hydrogen-bond donors (Lipinski definition) is 1. The number of aryl methyl sites for hydroxylation is 1. The molecular weight excluding hydrogens is 272 g/mol. The number of carboxylic acids is 1. The zero-order chi connectivity index (χ0) is 11.8. The molecule has 1 aliphatic heterocycles. The lowest BCUT2D eigenvalue weighted by Crippen LogP contribution is -2.50. The first kappa shape index (κ1) is 11.6. The number of aliphatic carboxylic acids is 1. The van der Waals surface area contributed by atoms with Gasteiger partial charge in [-0.25, -0.2) is 0 Å². The Morgan fingerprint density at radius 1 is 1.56 bits per heavy atom. The third-order valence-electron chi connectivity index (χ3n) is 3.05. The van der Waals surface area contributed by atoms with Crippen LogP contribution in [0.4, 0.5) is 0 Å². The third kappa shape index (κ3) is 1.99. The minimum Gasteiger partial charge on any atom is -0.481 e. The Hall–Kier alpha value is -0.870. The lowest BCUT2D eigenvalue weighted by atomic mass is 9.79. The van der Waals surface area contributed by atoms with Gasteiger partial charge in [-0.15, -0.1) is 0 Å². The number of hydrogen-bond acceptors (Lipinski definition) is 2. The van der Waals surface area contributed by atoms with Crippen molar-refractivity contribution in [3.05, 3.63) is 33.8 Å². The molecule has 2 rings (SSSR count).